The quantitative estimate of drug-likeness (QED) is 0.0264. The van der Waals surface area contributed by atoms with Crippen LogP contribution in [0.2, 0.25) is 0 Å². The normalized spacial score (nSPS) is 12.5. The number of hydrogen-bond acceptors (Lipinski definition) is 6. The van der Waals surface area contributed by atoms with Crippen molar-refractivity contribution in [3.8, 4) is 0 Å². The van der Waals surface area contributed by atoms with E-state index in [4.69, 9.17) is 14.2 Å². The number of carbonyl (C=O) groups is 3. The third kappa shape index (κ3) is 44.2. The van der Waals surface area contributed by atoms with E-state index in [9.17, 15) is 14.4 Å². The van der Waals surface area contributed by atoms with Crippen LogP contribution in [0.4, 0.5) is 0 Å². The van der Waals surface area contributed by atoms with Crippen molar-refractivity contribution in [2.45, 2.75) is 239 Å². The molecule has 6 nitrogen and oxygen atoms in total. The second-order valence-corrected chi connectivity index (χ2v) is 16.0. The molecular formula is C52H90O6. The van der Waals surface area contributed by atoms with E-state index in [0.717, 1.165) is 109 Å². The number of ether oxygens (including phenoxy) is 3. The summed E-state index contributed by atoms with van der Waals surface area (Å²) in [6, 6.07) is 0. The van der Waals surface area contributed by atoms with Gasteiger partial charge in [0.2, 0.25) is 0 Å². The van der Waals surface area contributed by atoms with Crippen LogP contribution in [0.5, 0.6) is 0 Å². The second kappa shape index (κ2) is 46.8. The van der Waals surface area contributed by atoms with Crippen LogP contribution in [-0.4, -0.2) is 37.2 Å². The molecule has 0 amide bonds. The molecule has 0 radical (unpaired) electrons. The minimum atomic E-state index is -0.788. The standard InChI is InChI=1S/C52H90O6/c1-4-7-10-13-16-19-22-24-26-28-30-33-36-39-42-45-51(54)57-48-49(47-56-50(53)44-41-38-35-32-29-21-18-15-12-9-6-3)58-52(55)46-43-40-37-34-31-27-25-23-20-17-14-11-8-5-2/h14-19,23-26,49H,4-13,20-22,27-48H2,1-3H3/b17-14-,18-15-,19-16-,25-23-,26-24-. The van der Waals surface area contributed by atoms with Gasteiger partial charge >= 0.3 is 17.9 Å². The number of rotatable bonds is 43. The van der Waals surface area contributed by atoms with E-state index in [0.29, 0.717) is 19.3 Å². The first kappa shape index (κ1) is 55.1. The van der Waals surface area contributed by atoms with Gasteiger partial charge in [0, 0.05) is 19.3 Å². The Hall–Kier alpha value is -2.89. The highest BCUT2D eigenvalue weighted by Gasteiger charge is 2.19. The van der Waals surface area contributed by atoms with E-state index in [1.165, 1.54) is 83.5 Å². The Kier molecular flexibility index (Phi) is 44.5. The van der Waals surface area contributed by atoms with Gasteiger partial charge in [-0.25, -0.2) is 0 Å². The number of unbranched alkanes of at least 4 members (excludes halogenated alkanes) is 22. The van der Waals surface area contributed by atoms with Gasteiger partial charge in [-0.1, -0.05) is 178 Å². The first-order valence-corrected chi connectivity index (χ1v) is 24.3. The van der Waals surface area contributed by atoms with Crippen LogP contribution in [0, 0.1) is 0 Å². The minimum Gasteiger partial charge on any atom is -0.462 e. The van der Waals surface area contributed by atoms with E-state index < -0.39 is 6.10 Å². The Labute approximate surface area is 358 Å². The predicted octanol–water partition coefficient (Wildman–Crippen LogP) is 15.7. The number of allylic oxidation sites excluding steroid dienone is 10. The summed E-state index contributed by atoms with van der Waals surface area (Å²) in [6.07, 6.45) is 56.2. The lowest BCUT2D eigenvalue weighted by Gasteiger charge is -2.18. The molecule has 0 aliphatic heterocycles. The molecule has 0 saturated carbocycles. The molecular weight excluding hydrogens is 721 g/mol. The van der Waals surface area contributed by atoms with Crippen LogP contribution in [-0.2, 0) is 28.6 Å². The Balaban J connectivity index is 4.43. The number of carbonyl (C=O) groups excluding carboxylic acids is 3. The molecule has 0 bridgehead atoms. The Morgan fingerprint density at radius 3 is 1.02 bits per heavy atom. The summed E-state index contributed by atoms with van der Waals surface area (Å²) in [5.41, 5.74) is 0. The van der Waals surface area contributed by atoms with E-state index in [2.05, 4.69) is 81.5 Å². The fourth-order valence-electron chi connectivity index (χ4n) is 6.47. The van der Waals surface area contributed by atoms with E-state index >= 15 is 0 Å². The summed E-state index contributed by atoms with van der Waals surface area (Å²) in [6.45, 7) is 6.49. The Morgan fingerprint density at radius 1 is 0.345 bits per heavy atom. The topological polar surface area (TPSA) is 78.9 Å². The zero-order chi connectivity index (χ0) is 42.3. The predicted molar refractivity (Wildman–Crippen MR) is 247 cm³/mol. The lowest BCUT2D eigenvalue weighted by Crippen LogP contribution is -2.30. The molecule has 0 N–H and O–H groups in total. The summed E-state index contributed by atoms with van der Waals surface area (Å²) in [5, 5.41) is 0. The lowest BCUT2D eigenvalue weighted by molar-refractivity contribution is -0.167. The van der Waals surface area contributed by atoms with Crippen LogP contribution in [0.15, 0.2) is 60.8 Å². The van der Waals surface area contributed by atoms with Gasteiger partial charge in [-0.15, -0.1) is 0 Å². The highest BCUT2D eigenvalue weighted by atomic mass is 16.6. The summed E-state index contributed by atoms with van der Waals surface area (Å²) in [5.74, 6) is -0.927. The second-order valence-electron chi connectivity index (χ2n) is 16.0. The lowest BCUT2D eigenvalue weighted by atomic mass is 10.1. The monoisotopic (exact) mass is 811 g/mol. The molecule has 58 heavy (non-hydrogen) atoms. The molecule has 0 rings (SSSR count). The molecule has 6 heteroatoms. The maximum absolute atomic E-state index is 12.7. The van der Waals surface area contributed by atoms with Crippen molar-refractivity contribution in [2.24, 2.45) is 0 Å². The maximum Gasteiger partial charge on any atom is 0.306 e. The largest absolute Gasteiger partial charge is 0.462 e. The molecule has 0 aromatic rings. The SMILES string of the molecule is CCCC/C=C\C/C=C\CCCCCCCC(=O)OC(COC(=O)CCCCCCC/C=C\C/C=C\CCCCC)COC(=O)CCCCCCC/C=C\CCCC. The van der Waals surface area contributed by atoms with Crippen LogP contribution in [0.3, 0.4) is 0 Å². The third-order valence-corrected chi connectivity index (χ3v) is 10.2. The van der Waals surface area contributed by atoms with Gasteiger partial charge in [-0.2, -0.15) is 0 Å². The van der Waals surface area contributed by atoms with Crippen LogP contribution in [0.25, 0.3) is 0 Å². The van der Waals surface area contributed by atoms with Gasteiger partial charge in [0.15, 0.2) is 6.10 Å². The Morgan fingerprint density at radius 2 is 0.638 bits per heavy atom. The van der Waals surface area contributed by atoms with Gasteiger partial charge in [-0.05, 0) is 96.3 Å². The average Bonchev–Trinajstić information content (AvgIpc) is 3.22. The van der Waals surface area contributed by atoms with Crippen LogP contribution < -0.4 is 0 Å². The minimum absolute atomic E-state index is 0.0893. The zero-order valence-corrected chi connectivity index (χ0v) is 38.0. The van der Waals surface area contributed by atoms with Crippen molar-refractivity contribution >= 4 is 17.9 Å². The number of esters is 3. The van der Waals surface area contributed by atoms with Crippen molar-refractivity contribution in [1.29, 1.82) is 0 Å². The van der Waals surface area contributed by atoms with E-state index in [1.807, 2.05) is 0 Å². The molecule has 0 heterocycles. The smallest absolute Gasteiger partial charge is 0.306 e. The molecule has 0 spiro atoms. The molecule has 1 unspecified atom stereocenters. The average molecular weight is 811 g/mol. The molecule has 0 aliphatic carbocycles. The van der Waals surface area contributed by atoms with Crippen LogP contribution in [0.1, 0.15) is 233 Å². The summed E-state index contributed by atoms with van der Waals surface area (Å²) >= 11 is 0. The van der Waals surface area contributed by atoms with Gasteiger partial charge in [0.1, 0.15) is 13.2 Å². The fourth-order valence-corrected chi connectivity index (χ4v) is 6.47. The molecule has 0 saturated heterocycles. The van der Waals surface area contributed by atoms with Crippen LogP contribution >= 0.6 is 0 Å². The summed E-state index contributed by atoms with van der Waals surface area (Å²) in [4.78, 5) is 37.8. The highest BCUT2D eigenvalue weighted by molar-refractivity contribution is 5.71. The number of hydrogen-bond donors (Lipinski definition) is 0. The fraction of sp³-hybridized carbons (Fsp3) is 0.750. The molecule has 0 fully saturated rings. The first-order valence-electron chi connectivity index (χ1n) is 24.3. The molecule has 0 aromatic heterocycles. The summed E-state index contributed by atoms with van der Waals surface area (Å²) < 4.78 is 16.7. The van der Waals surface area contributed by atoms with E-state index in [-0.39, 0.29) is 31.1 Å². The van der Waals surface area contributed by atoms with Crippen molar-refractivity contribution < 1.29 is 28.6 Å². The Bertz CT molecular complexity index is 1070. The molecule has 1 atom stereocenters. The van der Waals surface area contributed by atoms with Gasteiger partial charge in [0.25, 0.3) is 0 Å². The summed E-state index contributed by atoms with van der Waals surface area (Å²) in [7, 11) is 0. The molecule has 334 valence electrons. The van der Waals surface area contributed by atoms with Crippen molar-refractivity contribution in [2.75, 3.05) is 13.2 Å². The first-order chi connectivity index (χ1) is 28.5. The third-order valence-electron chi connectivity index (χ3n) is 10.2. The zero-order valence-electron chi connectivity index (χ0n) is 38.0. The van der Waals surface area contributed by atoms with Crippen molar-refractivity contribution in [3.63, 3.8) is 0 Å². The van der Waals surface area contributed by atoms with E-state index in [1.54, 1.807) is 0 Å². The van der Waals surface area contributed by atoms with Crippen molar-refractivity contribution in [1.82, 2.24) is 0 Å². The van der Waals surface area contributed by atoms with Gasteiger partial charge < -0.3 is 14.2 Å². The molecule has 0 aliphatic rings. The van der Waals surface area contributed by atoms with Gasteiger partial charge in [-0.3, -0.25) is 14.4 Å². The van der Waals surface area contributed by atoms with Gasteiger partial charge in [0.05, 0.1) is 0 Å². The maximum atomic E-state index is 12.7. The molecule has 0 aromatic carbocycles. The highest BCUT2D eigenvalue weighted by Crippen LogP contribution is 2.13. The van der Waals surface area contributed by atoms with Crippen molar-refractivity contribution in [3.05, 3.63) is 60.8 Å².